The van der Waals surface area contributed by atoms with Crippen LogP contribution in [0.3, 0.4) is 0 Å². The summed E-state index contributed by atoms with van der Waals surface area (Å²) in [6.45, 7) is 2.76. The molecule has 136 valence electrons. The zero-order valence-corrected chi connectivity index (χ0v) is 15.7. The van der Waals surface area contributed by atoms with Crippen molar-refractivity contribution in [2.75, 3.05) is 19.5 Å². The second-order valence-electron chi connectivity index (χ2n) is 5.45. The van der Waals surface area contributed by atoms with Crippen molar-refractivity contribution in [2.24, 2.45) is 0 Å². The first-order chi connectivity index (χ1) is 11.5. The normalized spacial score (nSPS) is 11.3. The van der Waals surface area contributed by atoms with Gasteiger partial charge >= 0.3 is 0 Å². The molecule has 1 unspecified atom stereocenters. The second-order valence-corrected chi connectivity index (χ2v) is 5.86. The number of halogens is 2. The van der Waals surface area contributed by atoms with Crippen LogP contribution in [0.5, 0.6) is 5.75 Å². The molecule has 0 aliphatic heterocycles. The molecular weight excluding hydrogens is 363 g/mol. The molecule has 2 rings (SSSR count). The second kappa shape index (κ2) is 10.1. The molecule has 0 aromatic heterocycles. The minimum atomic E-state index is -0.287. The largest absolute Gasteiger partial charge is 0.496 e. The van der Waals surface area contributed by atoms with Gasteiger partial charge in [0.1, 0.15) is 5.75 Å². The van der Waals surface area contributed by atoms with Crippen LogP contribution in [0.15, 0.2) is 42.5 Å². The number of carbonyl (C=O) groups is 1. The van der Waals surface area contributed by atoms with Crippen molar-refractivity contribution in [3.8, 4) is 5.75 Å². The van der Waals surface area contributed by atoms with E-state index in [2.05, 4.69) is 5.32 Å². The summed E-state index contributed by atoms with van der Waals surface area (Å²) in [7, 11) is 1.48. The molecule has 0 bridgehead atoms. The number of nitrogens with two attached hydrogens (primary N) is 1. The Hall–Kier alpha value is -1.95. The molecule has 2 aromatic rings. The van der Waals surface area contributed by atoms with E-state index in [1.165, 1.54) is 19.2 Å². The molecule has 7 heteroatoms. The van der Waals surface area contributed by atoms with Gasteiger partial charge in [-0.25, -0.2) is 0 Å². The fourth-order valence-corrected chi connectivity index (χ4v) is 2.35. The summed E-state index contributed by atoms with van der Waals surface area (Å²) < 4.78 is 10.8. The predicted octanol–water partition coefficient (Wildman–Crippen LogP) is 3.69. The van der Waals surface area contributed by atoms with Gasteiger partial charge in [-0.1, -0.05) is 41.9 Å². The van der Waals surface area contributed by atoms with Gasteiger partial charge in [0.2, 0.25) is 0 Å². The van der Waals surface area contributed by atoms with E-state index in [4.69, 9.17) is 26.8 Å². The lowest BCUT2D eigenvalue weighted by atomic mass is 10.1. The van der Waals surface area contributed by atoms with E-state index < -0.39 is 0 Å². The Labute approximate surface area is 158 Å². The van der Waals surface area contributed by atoms with Crippen LogP contribution in [0.2, 0.25) is 5.02 Å². The molecule has 0 heterocycles. The fraction of sp³-hybridized carbons (Fsp3) is 0.278. The Morgan fingerprint density at radius 2 is 1.96 bits per heavy atom. The molecule has 5 nitrogen and oxygen atoms in total. The lowest BCUT2D eigenvalue weighted by Gasteiger charge is -2.16. The third-order valence-corrected chi connectivity index (χ3v) is 3.75. The molecule has 1 amide bonds. The zero-order chi connectivity index (χ0) is 17.5. The highest BCUT2D eigenvalue weighted by molar-refractivity contribution is 6.33. The number of ether oxygens (including phenoxy) is 2. The van der Waals surface area contributed by atoms with Gasteiger partial charge in [0.25, 0.3) is 5.91 Å². The highest BCUT2D eigenvalue weighted by atomic mass is 35.5. The van der Waals surface area contributed by atoms with E-state index in [-0.39, 0.29) is 24.4 Å². The quantitative estimate of drug-likeness (QED) is 0.713. The lowest BCUT2D eigenvalue weighted by Crippen LogP contribution is -2.36. The number of benzene rings is 2. The average Bonchev–Trinajstić information content (AvgIpc) is 2.57. The van der Waals surface area contributed by atoms with E-state index >= 15 is 0 Å². The summed E-state index contributed by atoms with van der Waals surface area (Å²) in [6.07, 6.45) is 0. The van der Waals surface area contributed by atoms with Crippen LogP contribution in [0.4, 0.5) is 5.69 Å². The first kappa shape index (κ1) is 21.1. The number of nitrogens with one attached hydrogen (secondary N) is 1. The molecule has 2 aromatic carbocycles. The Balaban J connectivity index is 0.00000312. The first-order valence-electron chi connectivity index (χ1n) is 7.56. The van der Waals surface area contributed by atoms with Crippen molar-refractivity contribution in [3.63, 3.8) is 0 Å². The Morgan fingerprint density at radius 1 is 1.28 bits per heavy atom. The number of hydrogen-bond donors (Lipinski definition) is 2. The van der Waals surface area contributed by atoms with Crippen molar-refractivity contribution < 1.29 is 14.3 Å². The molecule has 3 N–H and O–H groups in total. The number of anilines is 1. The van der Waals surface area contributed by atoms with Gasteiger partial charge in [-0.3, -0.25) is 4.79 Å². The molecule has 0 saturated heterocycles. The molecule has 0 saturated carbocycles. The Bertz CT molecular complexity index is 696. The minimum absolute atomic E-state index is 0. The number of rotatable bonds is 7. The van der Waals surface area contributed by atoms with E-state index in [9.17, 15) is 4.79 Å². The predicted molar refractivity (Wildman–Crippen MR) is 103 cm³/mol. The highest BCUT2D eigenvalue weighted by Gasteiger charge is 2.17. The third kappa shape index (κ3) is 6.12. The average molecular weight is 385 g/mol. The number of amides is 1. The van der Waals surface area contributed by atoms with Crippen molar-refractivity contribution in [2.45, 2.75) is 19.6 Å². The van der Waals surface area contributed by atoms with E-state index in [1.807, 2.05) is 37.3 Å². The molecule has 0 fully saturated rings. The van der Waals surface area contributed by atoms with Gasteiger partial charge in [-0.2, -0.15) is 0 Å². The van der Waals surface area contributed by atoms with Gasteiger partial charge in [0, 0.05) is 12.1 Å². The molecule has 0 spiro atoms. The number of carbonyl (C=O) groups excluding carboxylic acids is 1. The van der Waals surface area contributed by atoms with Crippen LogP contribution < -0.4 is 15.8 Å². The molecule has 25 heavy (non-hydrogen) atoms. The maximum atomic E-state index is 12.4. The monoisotopic (exact) mass is 384 g/mol. The summed E-state index contributed by atoms with van der Waals surface area (Å²) in [5, 5.41) is 3.17. The van der Waals surface area contributed by atoms with Crippen molar-refractivity contribution in [3.05, 3.63) is 58.6 Å². The van der Waals surface area contributed by atoms with Gasteiger partial charge in [0.15, 0.2) is 0 Å². The SMILES string of the molecule is COc1cc(N)c(Cl)cc1C(=O)NC(C)COCc1ccccc1.Cl. The Kier molecular flexibility index (Phi) is 8.55. The van der Waals surface area contributed by atoms with Gasteiger partial charge < -0.3 is 20.5 Å². The van der Waals surface area contributed by atoms with Crippen LogP contribution in [0.1, 0.15) is 22.8 Å². The van der Waals surface area contributed by atoms with Gasteiger partial charge in [0.05, 0.1) is 36.6 Å². The summed E-state index contributed by atoms with van der Waals surface area (Å²) in [4.78, 5) is 12.4. The topological polar surface area (TPSA) is 73.6 Å². The molecular formula is C18H22Cl2N2O3. The van der Waals surface area contributed by atoms with E-state index in [0.717, 1.165) is 5.56 Å². The summed E-state index contributed by atoms with van der Waals surface area (Å²) in [5.74, 6) is 0.0939. The number of methoxy groups -OCH3 is 1. The van der Waals surface area contributed by atoms with E-state index in [1.54, 1.807) is 0 Å². The molecule has 0 aliphatic carbocycles. The lowest BCUT2D eigenvalue weighted by molar-refractivity contribution is 0.0818. The van der Waals surface area contributed by atoms with Crippen LogP contribution in [-0.2, 0) is 11.3 Å². The maximum Gasteiger partial charge on any atom is 0.255 e. The summed E-state index contributed by atoms with van der Waals surface area (Å²) >= 11 is 5.99. The van der Waals surface area contributed by atoms with Crippen LogP contribution in [0.25, 0.3) is 0 Å². The van der Waals surface area contributed by atoms with Crippen LogP contribution >= 0.6 is 24.0 Å². The summed E-state index contributed by atoms with van der Waals surface area (Å²) in [6, 6.07) is 12.7. The fourth-order valence-electron chi connectivity index (χ4n) is 2.19. The van der Waals surface area contributed by atoms with Crippen LogP contribution in [-0.4, -0.2) is 25.7 Å². The summed E-state index contributed by atoms with van der Waals surface area (Å²) in [5.41, 5.74) is 7.51. The smallest absolute Gasteiger partial charge is 0.255 e. The van der Waals surface area contributed by atoms with Gasteiger partial charge in [-0.05, 0) is 18.6 Å². The first-order valence-corrected chi connectivity index (χ1v) is 7.94. The van der Waals surface area contributed by atoms with Crippen molar-refractivity contribution >= 4 is 35.6 Å². The van der Waals surface area contributed by atoms with E-state index in [0.29, 0.717) is 35.2 Å². The third-order valence-electron chi connectivity index (χ3n) is 3.42. The van der Waals surface area contributed by atoms with Crippen LogP contribution in [0, 0.1) is 0 Å². The molecule has 1 atom stereocenters. The zero-order valence-electron chi connectivity index (χ0n) is 14.1. The van der Waals surface area contributed by atoms with Crippen molar-refractivity contribution in [1.82, 2.24) is 5.32 Å². The standard InChI is InChI=1S/C18H21ClN2O3.ClH/c1-12(10-24-11-13-6-4-3-5-7-13)21-18(22)14-8-15(19)16(20)9-17(14)23-2;/h3-9,12H,10-11,20H2,1-2H3,(H,21,22);1H. The number of nitrogen functional groups attached to an aromatic ring is 1. The van der Waals surface area contributed by atoms with Gasteiger partial charge in [-0.15, -0.1) is 12.4 Å². The van der Waals surface area contributed by atoms with Crippen molar-refractivity contribution in [1.29, 1.82) is 0 Å². The maximum absolute atomic E-state index is 12.4. The molecule has 0 radical (unpaired) electrons. The molecule has 0 aliphatic rings. The highest BCUT2D eigenvalue weighted by Crippen LogP contribution is 2.28. The number of hydrogen-bond acceptors (Lipinski definition) is 4. The Morgan fingerprint density at radius 3 is 2.60 bits per heavy atom. The minimum Gasteiger partial charge on any atom is -0.496 e.